The molecule has 0 aliphatic rings. The van der Waals surface area contributed by atoms with Crippen LogP contribution in [-0.2, 0) is 4.79 Å². The monoisotopic (exact) mass is 519 g/mol. The first-order chi connectivity index (χ1) is 17.9. The molecule has 0 aliphatic heterocycles. The second-order valence-corrected chi connectivity index (χ2v) is 8.67. The number of nitrogens with one attached hydrogen (secondary N) is 2. The van der Waals surface area contributed by atoms with Crippen LogP contribution >= 0.6 is 11.6 Å². The van der Waals surface area contributed by atoms with Gasteiger partial charge >= 0.3 is 0 Å². The smallest absolute Gasteiger partial charge is 0.247 e. The van der Waals surface area contributed by atoms with Crippen molar-refractivity contribution in [1.82, 2.24) is 24.8 Å². The van der Waals surface area contributed by atoms with E-state index in [0.29, 0.717) is 52.5 Å². The van der Waals surface area contributed by atoms with E-state index in [1.54, 1.807) is 56.3 Å². The van der Waals surface area contributed by atoms with Crippen LogP contribution in [0.3, 0.4) is 0 Å². The van der Waals surface area contributed by atoms with Crippen LogP contribution in [0.1, 0.15) is 0 Å². The lowest BCUT2D eigenvalue weighted by atomic mass is 10.1. The minimum Gasteiger partial charge on any atom is -0.494 e. The molecule has 0 fully saturated rings. The molecule has 4 aromatic rings. The maximum Gasteiger partial charge on any atom is 0.247 e. The Hall–Kier alpha value is -4.28. The average molecular weight is 520 g/mol. The minimum atomic E-state index is -0.372. The van der Waals surface area contributed by atoms with Gasteiger partial charge < -0.3 is 25.0 Å². The molecule has 0 aliphatic carbocycles. The summed E-state index contributed by atoms with van der Waals surface area (Å²) in [5, 5.41) is 7.23. The second kappa shape index (κ2) is 11.6. The van der Waals surface area contributed by atoms with Crippen molar-refractivity contribution in [3.05, 3.63) is 66.9 Å². The Kier molecular flexibility index (Phi) is 8.11. The van der Waals surface area contributed by atoms with Crippen LogP contribution in [0.4, 0.5) is 17.3 Å². The van der Waals surface area contributed by atoms with Crippen molar-refractivity contribution in [2.24, 2.45) is 0 Å². The molecule has 0 saturated carbocycles. The lowest BCUT2D eigenvalue weighted by Crippen LogP contribution is -2.20. The fourth-order valence-corrected chi connectivity index (χ4v) is 3.65. The molecule has 0 bridgehead atoms. The standard InChI is InChI=1S/C26H26ClN7O3/c1-5-24(35)31-21-9-20(22(36-4)10-23(21)37-7-6-34(2)3)32-26-30-13-17-12-29-15-19(25(17)33-26)16-8-18(27)14-28-11-16/h5,8-15H,1,6-7H2,2-4H3,(H,31,35)(H,30,32,33). The number of carbonyl (C=O) groups excluding carboxylic acids is 1. The van der Waals surface area contributed by atoms with Crippen molar-refractivity contribution >= 4 is 45.7 Å². The highest BCUT2D eigenvalue weighted by atomic mass is 35.5. The Morgan fingerprint density at radius 1 is 1.08 bits per heavy atom. The lowest BCUT2D eigenvalue weighted by molar-refractivity contribution is -0.111. The fourth-order valence-electron chi connectivity index (χ4n) is 3.47. The first kappa shape index (κ1) is 25.8. The van der Waals surface area contributed by atoms with Crippen LogP contribution in [0, 0.1) is 0 Å². The third-order valence-corrected chi connectivity index (χ3v) is 5.50. The summed E-state index contributed by atoms with van der Waals surface area (Å²) < 4.78 is 11.5. The largest absolute Gasteiger partial charge is 0.494 e. The van der Waals surface area contributed by atoms with Crippen LogP contribution in [0.5, 0.6) is 11.5 Å². The first-order valence-electron chi connectivity index (χ1n) is 11.3. The molecular formula is C26H26ClN7O3. The number of rotatable bonds is 10. The predicted octanol–water partition coefficient (Wildman–Crippen LogP) is 4.56. The number of methoxy groups -OCH3 is 1. The maximum atomic E-state index is 12.1. The molecule has 0 unspecified atom stereocenters. The molecule has 10 nitrogen and oxygen atoms in total. The number of benzene rings is 1. The highest BCUT2D eigenvalue weighted by Gasteiger charge is 2.16. The summed E-state index contributed by atoms with van der Waals surface area (Å²) in [5.74, 6) is 0.883. The lowest BCUT2D eigenvalue weighted by Gasteiger charge is -2.18. The van der Waals surface area contributed by atoms with Crippen molar-refractivity contribution in [2.75, 3.05) is 45.0 Å². The van der Waals surface area contributed by atoms with Gasteiger partial charge in [-0.1, -0.05) is 18.2 Å². The van der Waals surface area contributed by atoms with Crippen molar-refractivity contribution in [3.8, 4) is 22.6 Å². The summed E-state index contributed by atoms with van der Waals surface area (Å²) in [4.78, 5) is 31.7. The van der Waals surface area contributed by atoms with Gasteiger partial charge in [0.25, 0.3) is 0 Å². The summed E-state index contributed by atoms with van der Waals surface area (Å²) >= 11 is 6.15. The van der Waals surface area contributed by atoms with Crippen LogP contribution in [0.2, 0.25) is 5.02 Å². The number of aromatic nitrogens is 4. The van der Waals surface area contributed by atoms with Gasteiger partial charge in [-0.15, -0.1) is 0 Å². The van der Waals surface area contributed by atoms with Gasteiger partial charge in [-0.05, 0) is 32.3 Å². The molecule has 37 heavy (non-hydrogen) atoms. The van der Waals surface area contributed by atoms with E-state index in [0.717, 1.165) is 16.5 Å². The van der Waals surface area contributed by atoms with E-state index in [4.69, 9.17) is 26.1 Å². The van der Waals surface area contributed by atoms with Crippen molar-refractivity contribution in [3.63, 3.8) is 0 Å². The van der Waals surface area contributed by atoms with Gasteiger partial charge in [0.15, 0.2) is 0 Å². The number of carbonyl (C=O) groups is 1. The Morgan fingerprint density at radius 3 is 2.62 bits per heavy atom. The summed E-state index contributed by atoms with van der Waals surface area (Å²) in [6.45, 7) is 4.64. The number of nitrogens with zero attached hydrogens (tertiary/aromatic N) is 5. The number of ether oxygens (including phenoxy) is 2. The Morgan fingerprint density at radius 2 is 1.89 bits per heavy atom. The maximum absolute atomic E-state index is 12.1. The summed E-state index contributed by atoms with van der Waals surface area (Å²) in [6, 6.07) is 5.20. The number of hydrogen-bond donors (Lipinski definition) is 2. The van der Waals surface area contributed by atoms with E-state index < -0.39 is 0 Å². The van der Waals surface area contributed by atoms with Gasteiger partial charge in [0, 0.05) is 60.1 Å². The van der Waals surface area contributed by atoms with E-state index in [-0.39, 0.29) is 5.91 Å². The van der Waals surface area contributed by atoms with E-state index in [2.05, 4.69) is 32.2 Å². The summed E-state index contributed by atoms with van der Waals surface area (Å²) in [5.41, 5.74) is 3.18. The number of hydrogen-bond acceptors (Lipinski definition) is 9. The number of anilines is 3. The number of likely N-dealkylation sites (N-methyl/N-ethyl adjacent to an activating group) is 1. The topological polar surface area (TPSA) is 114 Å². The average Bonchev–Trinajstić information content (AvgIpc) is 2.89. The third kappa shape index (κ3) is 6.29. The normalized spacial score (nSPS) is 10.8. The van der Waals surface area contributed by atoms with Crippen molar-refractivity contribution < 1.29 is 14.3 Å². The van der Waals surface area contributed by atoms with E-state index in [1.807, 2.05) is 19.0 Å². The quantitative estimate of drug-likeness (QED) is 0.291. The highest BCUT2D eigenvalue weighted by molar-refractivity contribution is 6.30. The fraction of sp³-hybridized carbons (Fsp3) is 0.192. The van der Waals surface area contributed by atoms with Gasteiger partial charge in [-0.3, -0.25) is 14.8 Å². The van der Waals surface area contributed by atoms with Gasteiger partial charge in [-0.25, -0.2) is 9.97 Å². The molecule has 4 rings (SSSR count). The zero-order valence-corrected chi connectivity index (χ0v) is 21.4. The molecule has 11 heteroatoms. The van der Waals surface area contributed by atoms with E-state index in [9.17, 15) is 4.79 Å². The van der Waals surface area contributed by atoms with Crippen LogP contribution in [-0.4, -0.2) is 65.1 Å². The molecule has 3 aromatic heterocycles. The predicted molar refractivity (Wildman–Crippen MR) is 145 cm³/mol. The van der Waals surface area contributed by atoms with Crippen molar-refractivity contribution in [1.29, 1.82) is 0 Å². The van der Waals surface area contributed by atoms with Crippen LogP contribution in [0.25, 0.3) is 22.0 Å². The molecule has 190 valence electrons. The number of pyridine rings is 2. The molecule has 0 spiro atoms. The Bertz CT molecular complexity index is 1450. The molecule has 3 heterocycles. The number of fused-ring (bicyclic) bond motifs is 1. The first-order valence-corrected chi connectivity index (χ1v) is 11.7. The molecule has 2 N–H and O–H groups in total. The number of amides is 1. The summed E-state index contributed by atoms with van der Waals surface area (Å²) in [6.07, 6.45) is 9.51. The second-order valence-electron chi connectivity index (χ2n) is 8.23. The minimum absolute atomic E-state index is 0.315. The Labute approximate surface area is 219 Å². The molecule has 0 saturated heterocycles. The highest BCUT2D eigenvalue weighted by Crippen LogP contribution is 2.38. The molecule has 0 radical (unpaired) electrons. The SMILES string of the molecule is C=CC(=O)Nc1cc(Nc2ncc3cncc(-c4cncc(Cl)c4)c3n2)c(OC)cc1OCCN(C)C. The molecule has 1 amide bonds. The van der Waals surface area contributed by atoms with Crippen LogP contribution in [0.15, 0.2) is 61.8 Å². The zero-order valence-electron chi connectivity index (χ0n) is 20.7. The van der Waals surface area contributed by atoms with Crippen LogP contribution < -0.4 is 20.1 Å². The van der Waals surface area contributed by atoms with Gasteiger partial charge in [0.05, 0.1) is 29.0 Å². The van der Waals surface area contributed by atoms with Crippen molar-refractivity contribution in [2.45, 2.75) is 0 Å². The van der Waals surface area contributed by atoms with E-state index >= 15 is 0 Å². The third-order valence-electron chi connectivity index (χ3n) is 5.29. The summed E-state index contributed by atoms with van der Waals surface area (Å²) in [7, 11) is 5.44. The molecular weight excluding hydrogens is 494 g/mol. The number of halogens is 1. The van der Waals surface area contributed by atoms with E-state index in [1.165, 1.54) is 6.08 Å². The van der Waals surface area contributed by atoms with Gasteiger partial charge in [0.2, 0.25) is 11.9 Å². The molecule has 0 atom stereocenters. The Balaban J connectivity index is 1.72. The molecule has 1 aromatic carbocycles. The zero-order chi connectivity index (χ0) is 26.4. The van der Waals surface area contributed by atoms with Gasteiger partial charge in [-0.2, -0.15) is 0 Å². The van der Waals surface area contributed by atoms with Gasteiger partial charge in [0.1, 0.15) is 18.1 Å².